The molecule has 0 aliphatic rings. The monoisotopic (exact) mass is 436 g/mol. The Morgan fingerprint density at radius 1 is 1.17 bits per heavy atom. The van der Waals surface area contributed by atoms with Crippen LogP contribution >= 0.6 is 11.6 Å². The van der Waals surface area contributed by atoms with Crippen LogP contribution in [-0.4, -0.2) is 26.4 Å². The Labute approximate surface area is 171 Å². The van der Waals surface area contributed by atoms with Crippen LogP contribution in [0.1, 0.15) is 23.0 Å². The fraction of sp³-hybridized carbons (Fsp3) is 0.158. The van der Waals surface area contributed by atoms with E-state index in [0.29, 0.717) is 27.2 Å². The molecule has 0 fully saturated rings. The minimum Gasteiger partial charge on any atom is -0.447 e. The number of sulfonamides is 1. The number of furan rings is 1. The molecule has 1 amide bonds. The van der Waals surface area contributed by atoms with Crippen molar-refractivity contribution < 1.29 is 27.2 Å². The van der Waals surface area contributed by atoms with Crippen molar-refractivity contribution in [2.45, 2.75) is 24.8 Å². The van der Waals surface area contributed by atoms with Crippen molar-refractivity contribution in [2.75, 3.05) is 5.32 Å². The average molecular weight is 437 g/mol. The van der Waals surface area contributed by atoms with Crippen LogP contribution in [0.4, 0.5) is 5.69 Å². The highest BCUT2D eigenvalue weighted by Crippen LogP contribution is 2.31. The second-order valence-electron chi connectivity index (χ2n) is 6.28. The maximum Gasteiger partial charge on any atom is 0.375 e. The van der Waals surface area contributed by atoms with Gasteiger partial charge in [-0.2, -0.15) is 0 Å². The standard InChI is InChI=1S/C19H17ClN2O6S/c1-10-14-4-3-5-15(20)17(14)28-16(10)19(24)27-11(2)18(23)22-12-6-8-13(9-7-12)29(21,25)26/h3-9,11H,1-2H3,(H,22,23)(H2,21,25,26)/t11-/m1/s1. The zero-order valence-corrected chi connectivity index (χ0v) is 17.0. The number of aryl methyl sites for hydroxylation is 1. The number of nitrogens with two attached hydrogens (primary N) is 1. The molecule has 3 N–H and O–H groups in total. The first kappa shape index (κ1) is 20.8. The van der Waals surface area contributed by atoms with Crippen LogP contribution in [0, 0.1) is 6.92 Å². The highest BCUT2D eigenvalue weighted by Gasteiger charge is 2.25. The highest BCUT2D eigenvalue weighted by atomic mass is 35.5. The molecule has 0 bridgehead atoms. The van der Waals surface area contributed by atoms with Gasteiger partial charge >= 0.3 is 5.97 Å². The van der Waals surface area contributed by atoms with Crippen LogP contribution in [0.5, 0.6) is 0 Å². The minimum atomic E-state index is -3.83. The van der Waals surface area contributed by atoms with E-state index in [1.807, 2.05) is 0 Å². The van der Waals surface area contributed by atoms with E-state index in [4.69, 9.17) is 25.9 Å². The van der Waals surface area contributed by atoms with Gasteiger partial charge in [0.25, 0.3) is 5.91 Å². The normalized spacial score (nSPS) is 12.6. The summed E-state index contributed by atoms with van der Waals surface area (Å²) in [5.74, 6) is -1.44. The summed E-state index contributed by atoms with van der Waals surface area (Å²) in [6, 6.07) is 10.4. The molecule has 0 radical (unpaired) electrons. The van der Waals surface area contributed by atoms with Gasteiger partial charge in [0.2, 0.25) is 15.8 Å². The number of rotatable bonds is 5. The highest BCUT2D eigenvalue weighted by molar-refractivity contribution is 7.89. The number of carbonyl (C=O) groups is 2. The second kappa shape index (κ2) is 7.86. The third kappa shape index (κ3) is 4.42. The number of amides is 1. The van der Waals surface area contributed by atoms with E-state index in [9.17, 15) is 18.0 Å². The number of anilines is 1. The van der Waals surface area contributed by atoms with Gasteiger partial charge in [-0.05, 0) is 44.2 Å². The Hall–Kier alpha value is -2.88. The molecule has 3 aromatic rings. The molecule has 2 aromatic carbocycles. The number of hydrogen-bond donors (Lipinski definition) is 2. The number of halogens is 1. The van der Waals surface area contributed by atoms with E-state index in [-0.39, 0.29) is 10.7 Å². The van der Waals surface area contributed by atoms with Gasteiger partial charge in [-0.1, -0.05) is 23.7 Å². The van der Waals surface area contributed by atoms with Crippen molar-refractivity contribution in [3.63, 3.8) is 0 Å². The van der Waals surface area contributed by atoms with E-state index >= 15 is 0 Å². The zero-order chi connectivity index (χ0) is 21.3. The maximum atomic E-state index is 12.4. The molecular weight excluding hydrogens is 420 g/mol. The van der Waals surface area contributed by atoms with Gasteiger partial charge in [-0.25, -0.2) is 18.4 Å². The van der Waals surface area contributed by atoms with E-state index in [2.05, 4.69) is 5.32 Å². The van der Waals surface area contributed by atoms with Crippen LogP contribution in [0.15, 0.2) is 51.8 Å². The first-order valence-corrected chi connectivity index (χ1v) is 10.3. The van der Waals surface area contributed by atoms with E-state index in [1.54, 1.807) is 25.1 Å². The van der Waals surface area contributed by atoms with E-state index < -0.39 is 28.0 Å². The predicted octanol–water partition coefficient (Wildman–Crippen LogP) is 3.23. The van der Waals surface area contributed by atoms with Crippen molar-refractivity contribution >= 4 is 50.2 Å². The van der Waals surface area contributed by atoms with Crippen LogP contribution in [0.25, 0.3) is 11.0 Å². The van der Waals surface area contributed by atoms with Crippen LogP contribution < -0.4 is 10.5 Å². The summed E-state index contributed by atoms with van der Waals surface area (Å²) in [5.41, 5.74) is 1.24. The summed E-state index contributed by atoms with van der Waals surface area (Å²) in [4.78, 5) is 24.6. The lowest BCUT2D eigenvalue weighted by atomic mass is 10.1. The largest absolute Gasteiger partial charge is 0.447 e. The second-order valence-corrected chi connectivity index (χ2v) is 8.25. The van der Waals surface area contributed by atoms with Gasteiger partial charge in [0.1, 0.15) is 0 Å². The molecule has 0 aliphatic carbocycles. The first-order chi connectivity index (χ1) is 13.6. The number of hydrogen-bond acceptors (Lipinski definition) is 6. The number of primary sulfonamides is 1. The molecule has 10 heteroatoms. The molecule has 3 rings (SSSR count). The molecule has 0 spiro atoms. The number of benzene rings is 2. The summed E-state index contributed by atoms with van der Waals surface area (Å²) in [5, 5.41) is 8.59. The molecule has 152 valence electrons. The van der Waals surface area contributed by atoms with Crippen LogP contribution in [0.2, 0.25) is 5.02 Å². The number of ether oxygens (including phenoxy) is 1. The Balaban J connectivity index is 1.70. The molecule has 0 saturated carbocycles. The number of fused-ring (bicyclic) bond motifs is 1. The minimum absolute atomic E-state index is 0.0368. The van der Waals surface area contributed by atoms with Gasteiger partial charge in [0, 0.05) is 16.6 Å². The van der Waals surface area contributed by atoms with Crippen LogP contribution in [0.3, 0.4) is 0 Å². The lowest BCUT2D eigenvalue weighted by Crippen LogP contribution is -2.30. The number of nitrogens with one attached hydrogen (secondary N) is 1. The van der Waals surface area contributed by atoms with Gasteiger partial charge < -0.3 is 14.5 Å². The average Bonchev–Trinajstić information content (AvgIpc) is 3.00. The van der Waals surface area contributed by atoms with Gasteiger partial charge in [0.05, 0.1) is 9.92 Å². The van der Waals surface area contributed by atoms with Crippen molar-refractivity contribution in [1.29, 1.82) is 0 Å². The van der Waals surface area contributed by atoms with E-state index in [0.717, 1.165) is 0 Å². The maximum absolute atomic E-state index is 12.4. The number of esters is 1. The fourth-order valence-electron chi connectivity index (χ4n) is 2.64. The Morgan fingerprint density at radius 3 is 2.41 bits per heavy atom. The fourth-order valence-corrected chi connectivity index (χ4v) is 3.37. The van der Waals surface area contributed by atoms with Gasteiger partial charge in [-0.3, -0.25) is 4.79 Å². The molecule has 0 saturated heterocycles. The molecule has 29 heavy (non-hydrogen) atoms. The Bertz CT molecular complexity index is 1200. The van der Waals surface area contributed by atoms with E-state index in [1.165, 1.54) is 31.2 Å². The first-order valence-electron chi connectivity index (χ1n) is 8.40. The van der Waals surface area contributed by atoms with Crippen molar-refractivity contribution in [3.05, 3.63) is 58.8 Å². The van der Waals surface area contributed by atoms with Crippen LogP contribution in [-0.2, 0) is 19.6 Å². The molecule has 1 aromatic heterocycles. The predicted molar refractivity (Wildman–Crippen MR) is 107 cm³/mol. The SMILES string of the molecule is Cc1c(C(=O)O[C@H](C)C(=O)Nc2ccc(S(N)(=O)=O)cc2)oc2c(Cl)cccc12. The topological polar surface area (TPSA) is 129 Å². The smallest absolute Gasteiger partial charge is 0.375 e. The molecule has 0 aliphatic heterocycles. The molecule has 0 unspecified atom stereocenters. The quantitative estimate of drug-likeness (QED) is 0.591. The lowest BCUT2D eigenvalue weighted by molar-refractivity contribution is -0.123. The van der Waals surface area contributed by atoms with Crippen molar-refractivity contribution in [1.82, 2.24) is 0 Å². The zero-order valence-electron chi connectivity index (χ0n) is 15.4. The third-order valence-corrected chi connectivity index (χ3v) is 5.43. The molecule has 1 atom stereocenters. The van der Waals surface area contributed by atoms with Gasteiger partial charge in [0.15, 0.2) is 11.7 Å². The summed E-state index contributed by atoms with van der Waals surface area (Å²) in [6.07, 6.45) is -1.14. The Kier molecular flexibility index (Phi) is 5.65. The summed E-state index contributed by atoms with van der Waals surface area (Å²) < 4.78 is 33.2. The summed E-state index contributed by atoms with van der Waals surface area (Å²) in [6.45, 7) is 3.09. The molecule has 8 nitrogen and oxygen atoms in total. The lowest BCUT2D eigenvalue weighted by Gasteiger charge is -2.13. The van der Waals surface area contributed by atoms with Gasteiger partial charge in [-0.15, -0.1) is 0 Å². The van der Waals surface area contributed by atoms with Crippen molar-refractivity contribution in [2.24, 2.45) is 5.14 Å². The van der Waals surface area contributed by atoms with Crippen molar-refractivity contribution in [3.8, 4) is 0 Å². The summed E-state index contributed by atoms with van der Waals surface area (Å²) >= 11 is 6.08. The number of para-hydroxylation sites is 1. The Morgan fingerprint density at radius 2 is 1.83 bits per heavy atom. The third-order valence-electron chi connectivity index (χ3n) is 4.20. The molecule has 1 heterocycles. The summed E-state index contributed by atoms with van der Waals surface area (Å²) in [7, 11) is -3.83. The number of carbonyl (C=O) groups excluding carboxylic acids is 2. The molecular formula is C19H17ClN2O6S.